The van der Waals surface area contributed by atoms with Gasteiger partial charge >= 0.3 is 0 Å². The smallest absolute Gasteiger partial charge is 0.188 e. The molecule has 0 bridgehead atoms. The number of allylic oxidation sites excluding steroid dienone is 2. The van der Waals surface area contributed by atoms with Crippen molar-refractivity contribution in [3.63, 3.8) is 0 Å². The van der Waals surface area contributed by atoms with Crippen LogP contribution in [0.1, 0.15) is 92.4 Å². The molecule has 0 aromatic rings. The van der Waals surface area contributed by atoms with E-state index in [2.05, 4.69) is 40.7 Å². The van der Waals surface area contributed by atoms with Gasteiger partial charge in [0.15, 0.2) is 5.78 Å². The predicted octanol–water partition coefficient (Wildman–Crippen LogP) is 5.60. The van der Waals surface area contributed by atoms with Crippen molar-refractivity contribution in [1.82, 2.24) is 0 Å². The molecule has 0 aromatic heterocycles. The lowest BCUT2D eigenvalue weighted by Gasteiger charge is -2.56. The van der Waals surface area contributed by atoms with Crippen molar-refractivity contribution in [2.45, 2.75) is 104 Å². The topological polar surface area (TPSA) is 57.5 Å². The highest BCUT2D eigenvalue weighted by Gasteiger charge is 2.62. The number of rotatable bonds is 5. The lowest BCUT2D eigenvalue weighted by atomic mass is 9.49. The molecule has 30 heavy (non-hydrogen) atoms. The van der Waals surface area contributed by atoms with Gasteiger partial charge in [-0.25, -0.2) is 0 Å². The Hall–Kier alpha value is -0.930. The summed E-state index contributed by atoms with van der Waals surface area (Å²) in [5.41, 5.74) is 0.639. The van der Waals surface area contributed by atoms with Crippen molar-refractivity contribution in [2.24, 2.45) is 34.5 Å². The van der Waals surface area contributed by atoms with E-state index in [1.165, 1.54) is 36.8 Å². The van der Waals surface area contributed by atoms with Crippen LogP contribution >= 0.6 is 0 Å². The molecule has 0 amide bonds. The van der Waals surface area contributed by atoms with Crippen LogP contribution in [0.3, 0.4) is 0 Å². The largest absolute Gasteiger partial charge is 0.393 e. The van der Waals surface area contributed by atoms with Crippen molar-refractivity contribution in [3.05, 3.63) is 23.3 Å². The highest BCUT2D eigenvalue weighted by Crippen LogP contribution is 2.65. The second-order valence-corrected chi connectivity index (χ2v) is 11.9. The Morgan fingerprint density at radius 2 is 1.87 bits per heavy atom. The van der Waals surface area contributed by atoms with Gasteiger partial charge in [-0.05, 0) is 78.4 Å². The molecule has 2 fully saturated rings. The zero-order valence-electron chi connectivity index (χ0n) is 19.7. The van der Waals surface area contributed by atoms with Gasteiger partial charge in [-0.2, -0.15) is 0 Å². The number of ketones is 1. The van der Waals surface area contributed by atoms with E-state index in [-0.39, 0.29) is 17.6 Å². The maximum Gasteiger partial charge on any atom is 0.188 e. The molecule has 4 aliphatic rings. The first-order valence-corrected chi connectivity index (χ1v) is 12.4. The van der Waals surface area contributed by atoms with Crippen LogP contribution in [0, 0.1) is 34.5 Å². The lowest BCUT2D eigenvalue weighted by Crippen LogP contribution is -2.61. The van der Waals surface area contributed by atoms with Crippen LogP contribution in [0.2, 0.25) is 0 Å². The Morgan fingerprint density at radius 3 is 2.57 bits per heavy atom. The number of carbonyl (C=O) groups is 1. The Bertz CT molecular complexity index is 764. The van der Waals surface area contributed by atoms with E-state index >= 15 is 0 Å². The Labute approximate surface area is 183 Å². The average molecular weight is 415 g/mol. The molecule has 7 atom stereocenters. The predicted molar refractivity (Wildman–Crippen MR) is 121 cm³/mol. The summed E-state index contributed by atoms with van der Waals surface area (Å²) in [7, 11) is 0. The normalized spacial score (nSPS) is 44.1. The van der Waals surface area contributed by atoms with Gasteiger partial charge in [-0.1, -0.05) is 60.0 Å². The lowest BCUT2D eigenvalue weighted by molar-refractivity contribution is -0.160. The molecule has 168 valence electrons. The molecule has 0 aliphatic heterocycles. The van der Waals surface area contributed by atoms with Gasteiger partial charge in [0.25, 0.3) is 0 Å². The first-order chi connectivity index (χ1) is 14.0. The Balaban J connectivity index is 1.62. The van der Waals surface area contributed by atoms with E-state index in [9.17, 15) is 15.0 Å². The zero-order chi connectivity index (χ0) is 21.9. The molecule has 0 unspecified atom stereocenters. The monoisotopic (exact) mass is 414 g/mol. The van der Waals surface area contributed by atoms with Gasteiger partial charge in [0.2, 0.25) is 0 Å². The van der Waals surface area contributed by atoms with E-state index in [4.69, 9.17) is 0 Å². The summed E-state index contributed by atoms with van der Waals surface area (Å²) in [5, 5.41) is 21.6. The summed E-state index contributed by atoms with van der Waals surface area (Å²) < 4.78 is 0. The third-order valence-electron chi connectivity index (χ3n) is 9.68. The van der Waals surface area contributed by atoms with Crippen molar-refractivity contribution in [1.29, 1.82) is 0 Å². The van der Waals surface area contributed by atoms with E-state index in [1.54, 1.807) is 6.08 Å². The van der Waals surface area contributed by atoms with Crippen LogP contribution in [-0.4, -0.2) is 27.7 Å². The first kappa shape index (κ1) is 22.3. The standard InChI is InChI=1S/C27H42O3/c1-17(2)7-6-8-18(3)21-9-10-22-20-15-24(29)27(30)16-19(28)11-14-26(27,5)23(20)12-13-25(21,22)4/h12,15,17-19,21-22,28,30H,6-11,13-14,16H2,1-5H3/t18-,19+,21-,22+,25-,26-,27+/m1/s1. The summed E-state index contributed by atoms with van der Waals surface area (Å²) in [5.74, 6) is 2.44. The highest BCUT2D eigenvalue weighted by molar-refractivity contribution is 6.01. The highest BCUT2D eigenvalue weighted by atomic mass is 16.3. The fourth-order valence-corrected chi connectivity index (χ4v) is 7.72. The van der Waals surface area contributed by atoms with Crippen molar-refractivity contribution in [3.8, 4) is 0 Å². The molecule has 2 N–H and O–H groups in total. The van der Waals surface area contributed by atoms with Gasteiger partial charge in [0, 0.05) is 11.8 Å². The molecule has 4 aliphatic carbocycles. The van der Waals surface area contributed by atoms with Gasteiger partial charge in [0.05, 0.1) is 6.10 Å². The number of hydrogen-bond donors (Lipinski definition) is 2. The quantitative estimate of drug-likeness (QED) is 0.615. The van der Waals surface area contributed by atoms with Crippen LogP contribution in [0.15, 0.2) is 23.3 Å². The third-order valence-corrected chi connectivity index (χ3v) is 9.68. The summed E-state index contributed by atoms with van der Waals surface area (Å²) in [4.78, 5) is 13.2. The molecule has 0 heterocycles. The second kappa shape index (κ2) is 7.59. The molecule has 0 aromatic carbocycles. The molecular formula is C27H42O3. The first-order valence-electron chi connectivity index (χ1n) is 12.4. The molecule has 0 radical (unpaired) electrons. The number of carbonyl (C=O) groups excluding carboxylic acids is 1. The Morgan fingerprint density at radius 1 is 1.13 bits per heavy atom. The van der Waals surface area contributed by atoms with Gasteiger partial charge < -0.3 is 10.2 Å². The Kier molecular flexibility index (Phi) is 5.63. The van der Waals surface area contributed by atoms with Gasteiger partial charge in [-0.15, -0.1) is 0 Å². The fourth-order valence-electron chi connectivity index (χ4n) is 7.72. The van der Waals surface area contributed by atoms with Crippen molar-refractivity contribution >= 4 is 5.78 Å². The molecule has 0 spiro atoms. The second-order valence-electron chi connectivity index (χ2n) is 11.9. The van der Waals surface area contributed by atoms with Crippen molar-refractivity contribution < 1.29 is 15.0 Å². The summed E-state index contributed by atoms with van der Waals surface area (Å²) >= 11 is 0. The molecule has 3 nitrogen and oxygen atoms in total. The number of aliphatic hydroxyl groups is 2. The van der Waals surface area contributed by atoms with Crippen LogP contribution in [0.5, 0.6) is 0 Å². The van der Waals surface area contributed by atoms with E-state index in [0.29, 0.717) is 30.6 Å². The zero-order valence-corrected chi connectivity index (χ0v) is 19.7. The average Bonchev–Trinajstić information content (AvgIpc) is 3.01. The van der Waals surface area contributed by atoms with Gasteiger partial charge in [0.1, 0.15) is 5.60 Å². The maximum absolute atomic E-state index is 13.2. The number of hydrogen-bond acceptors (Lipinski definition) is 3. The number of fused-ring (bicyclic) bond motifs is 5. The third kappa shape index (κ3) is 3.18. The van der Waals surface area contributed by atoms with Crippen LogP contribution < -0.4 is 0 Å². The maximum atomic E-state index is 13.2. The number of aliphatic hydroxyl groups excluding tert-OH is 1. The molecular weight excluding hydrogens is 372 g/mol. The van der Waals surface area contributed by atoms with E-state index in [0.717, 1.165) is 18.8 Å². The minimum absolute atomic E-state index is 0.168. The van der Waals surface area contributed by atoms with E-state index < -0.39 is 17.1 Å². The fraction of sp³-hybridized carbons (Fsp3) is 0.815. The SMILES string of the molecule is CC(C)CCC[C@@H](C)[C@H]1CC[C@H]2C3=CC(=O)[C@@]4(O)C[C@@H](O)CC[C@]4(C)C3=CC[C@]12C. The molecule has 2 saturated carbocycles. The summed E-state index contributed by atoms with van der Waals surface area (Å²) in [6.45, 7) is 11.6. The van der Waals surface area contributed by atoms with Gasteiger partial charge in [-0.3, -0.25) is 4.79 Å². The van der Waals surface area contributed by atoms with Crippen LogP contribution in [-0.2, 0) is 4.79 Å². The summed E-state index contributed by atoms with van der Waals surface area (Å²) in [6.07, 6.45) is 12.4. The molecule has 3 heteroatoms. The minimum Gasteiger partial charge on any atom is -0.393 e. The molecule has 0 saturated heterocycles. The van der Waals surface area contributed by atoms with E-state index in [1.807, 2.05) is 0 Å². The minimum atomic E-state index is -1.45. The molecule has 4 rings (SSSR count). The van der Waals surface area contributed by atoms with Crippen LogP contribution in [0.4, 0.5) is 0 Å². The van der Waals surface area contributed by atoms with Crippen LogP contribution in [0.25, 0.3) is 0 Å². The summed E-state index contributed by atoms with van der Waals surface area (Å²) in [6, 6.07) is 0. The van der Waals surface area contributed by atoms with Crippen molar-refractivity contribution in [2.75, 3.05) is 0 Å².